The van der Waals surface area contributed by atoms with Gasteiger partial charge in [0.15, 0.2) is 0 Å². The van der Waals surface area contributed by atoms with Crippen molar-refractivity contribution in [1.82, 2.24) is 4.90 Å². The van der Waals surface area contributed by atoms with Crippen molar-refractivity contribution in [3.05, 3.63) is 6.42 Å². The molecule has 1 aliphatic heterocycles. The van der Waals surface area contributed by atoms with E-state index in [1.807, 2.05) is 0 Å². The minimum atomic E-state index is 0.728. The monoisotopic (exact) mass is 166 g/mol. The zero-order valence-corrected chi connectivity index (χ0v) is 8.34. The first-order valence-corrected chi connectivity index (χ1v) is 5.25. The molecule has 0 bridgehead atoms. The van der Waals surface area contributed by atoms with Crippen molar-refractivity contribution in [3.63, 3.8) is 0 Å². The van der Waals surface area contributed by atoms with Crippen LogP contribution in [0.25, 0.3) is 0 Å². The van der Waals surface area contributed by atoms with Gasteiger partial charge in [0, 0.05) is 6.54 Å². The van der Waals surface area contributed by atoms with Gasteiger partial charge in [-0.1, -0.05) is 19.3 Å². The Bertz CT molecular complexity index is 158. The molecule has 2 fully saturated rings. The van der Waals surface area contributed by atoms with Gasteiger partial charge in [0.2, 0.25) is 0 Å². The highest BCUT2D eigenvalue weighted by molar-refractivity contribution is 5.00. The van der Waals surface area contributed by atoms with E-state index < -0.39 is 0 Å². The Balaban J connectivity index is 2.03. The fraction of sp³-hybridized carbons (Fsp3) is 0.909. The quantitative estimate of drug-likeness (QED) is 0.541. The summed E-state index contributed by atoms with van der Waals surface area (Å²) >= 11 is 0. The Morgan fingerprint density at radius 3 is 2.50 bits per heavy atom. The summed E-state index contributed by atoms with van der Waals surface area (Å²) < 4.78 is 0. The summed E-state index contributed by atoms with van der Waals surface area (Å²) in [5, 5.41) is 0. The first kappa shape index (κ1) is 8.55. The molecular formula is C11H20N-. The minimum absolute atomic E-state index is 0.728. The van der Waals surface area contributed by atoms with E-state index in [4.69, 9.17) is 0 Å². The molecule has 1 nitrogen and oxygen atoms in total. The van der Waals surface area contributed by atoms with Crippen molar-refractivity contribution in [3.8, 4) is 0 Å². The smallest absolute Gasteiger partial charge is 0.000894 e. The third-order valence-electron chi connectivity index (χ3n) is 3.84. The average Bonchev–Trinajstić information content (AvgIpc) is 2.60. The summed E-state index contributed by atoms with van der Waals surface area (Å²) in [6, 6.07) is 0.767. The molecule has 0 N–H and O–H groups in total. The molecule has 0 radical (unpaired) electrons. The topological polar surface area (TPSA) is 3.24 Å². The van der Waals surface area contributed by atoms with Crippen molar-refractivity contribution in [2.45, 2.75) is 45.1 Å². The minimum Gasteiger partial charge on any atom is -0.332 e. The standard InChI is InChI=1S/C11H20N/c1-3-10-8-11(9-12(10)2)6-4-5-7-11/h3,10H,4-9H2,1-2H3/q-1. The lowest BCUT2D eigenvalue weighted by molar-refractivity contribution is 0.283. The maximum atomic E-state index is 2.53. The fourth-order valence-corrected chi connectivity index (χ4v) is 3.17. The second-order valence-electron chi connectivity index (χ2n) is 4.73. The van der Waals surface area contributed by atoms with E-state index in [1.54, 1.807) is 0 Å². The zero-order valence-electron chi connectivity index (χ0n) is 8.34. The van der Waals surface area contributed by atoms with Crippen molar-refractivity contribution in [1.29, 1.82) is 0 Å². The second kappa shape index (κ2) is 3.02. The molecule has 2 aliphatic rings. The molecule has 0 aromatic rings. The lowest BCUT2D eigenvalue weighted by atomic mass is 9.83. The van der Waals surface area contributed by atoms with E-state index in [-0.39, 0.29) is 0 Å². The Morgan fingerprint density at radius 2 is 2.00 bits per heavy atom. The number of nitrogens with zero attached hydrogens (tertiary/aromatic N) is 1. The Hall–Kier alpha value is -0.0400. The van der Waals surface area contributed by atoms with Gasteiger partial charge in [-0.25, -0.2) is 0 Å². The molecular weight excluding hydrogens is 146 g/mol. The van der Waals surface area contributed by atoms with Crippen LogP contribution in [-0.2, 0) is 0 Å². The van der Waals surface area contributed by atoms with Crippen molar-refractivity contribution in [2.24, 2.45) is 5.41 Å². The van der Waals surface area contributed by atoms with E-state index in [9.17, 15) is 0 Å². The molecule has 1 saturated carbocycles. The van der Waals surface area contributed by atoms with Crippen LogP contribution in [0.2, 0.25) is 0 Å². The number of likely N-dealkylation sites (tertiary alicyclic amines) is 1. The van der Waals surface area contributed by atoms with Gasteiger partial charge in [-0.15, -0.1) is 6.04 Å². The number of rotatable bonds is 1. The first-order valence-electron chi connectivity index (χ1n) is 5.25. The van der Waals surface area contributed by atoms with E-state index in [0.717, 1.165) is 11.5 Å². The second-order valence-corrected chi connectivity index (χ2v) is 4.73. The van der Waals surface area contributed by atoms with Crippen LogP contribution in [0.1, 0.15) is 39.0 Å². The van der Waals surface area contributed by atoms with Crippen LogP contribution >= 0.6 is 0 Å². The predicted molar refractivity (Wildman–Crippen MR) is 51.9 cm³/mol. The molecule has 1 unspecified atom stereocenters. The summed E-state index contributed by atoms with van der Waals surface area (Å²) in [4.78, 5) is 2.53. The van der Waals surface area contributed by atoms with E-state index in [0.29, 0.717) is 0 Å². The van der Waals surface area contributed by atoms with Gasteiger partial charge in [-0.2, -0.15) is 6.92 Å². The van der Waals surface area contributed by atoms with Gasteiger partial charge in [0.25, 0.3) is 0 Å². The summed E-state index contributed by atoms with van der Waals surface area (Å²) in [6.07, 6.45) is 9.73. The largest absolute Gasteiger partial charge is 0.332 e. The summed E-state index contributed by atoms with van der Waals surface area (Å²) in [7, 11) is 2.28. The average molecular weight is 166 g/mol. The van der Waals surface area contributed by atoms with Gasteiger partial charge in [-0.3, -0.25) is 0 Å². The highest BCUT2D eigenvalue weighted by Crippen LogP contribution is 2.47. The Morgan fingerprint density at radius 1 is 1.33 bits per heavy atom. The molecule has 1 spiro atoms. The van der Waals surface area contributed by atoms with Crippen LogP contribution in [0.4, 0.5) is 0 Å². The van der Waals surface area contributed by atoms with Gasteiger partial charge in [-0.05, 0) is 25.3 Å². The molecule has 1 saturated heterocycles. The molecule has 12 heavy (non-hydrogen) atoms. The lowest BCUT2D eigenvalue weighted by Gasteiger charge is -2.25. The van der Waals surface area contributed by atoms with Crippen LogP contribution in [0, 0.1) is 11.8 Å². The molecule has 1 atom stereocenters. The number of hydrogen-bond acceptors (Lipinski definition) is 1. The van der Waals surface area contributed by atoms with Gasteiger partial charge in [0.1, 0.15) is 0 Å². The highest BCUT2D eigenvalue weighted by atomic mass is 15.2. The molecule has 1 aliphatic carbocycles. The Labute approximate surface area is 76.1 Å². The predicted octanol–water partition coefficient (Wildman–Crippen LogP) is 2.48. The Kier molecular flexibility index (Phi) is 2.16. The van der Waals surface area contributed by atoms with Crippen LogP contribution in [-0.4, -0.2) is 24.5 Å². The SMILES string of the molecule is C[CH-]C1CC2(CCCC2)CN1C. The van der Waals surface area contributed by atoms with E-state index in [1.165, 1.54) is 38.6 Å². The first-order chi connectivity index (χ1) is 5.76. The van der Waals surface area contributed by atoms with Crippen molar-refractivity contribution in [2.75, 3.05) is 13.6 Å². The fourth-order valence-electron chi connectivity index (χ4n) is 3.17. The normalized spacial score (nSPS) is 35.0. The highest BCUT2D eigenvalue weighted by Gasteiger charge is 2.40. The van der Waals surface area contributed by atoms with E-state index in [2.05, 4.69) is 25.3 Å². The summed E-state index contributed by atoms with van der Waals surface area (Å²) in [6.45, 7) is 3.55. The third kappa shape index (κ3) is 1.28. The lowest BCUT2D eigenvalue weighted by Crippen LogP contribution is -2.25. The molecule has 0 aromatic heterocycles. The van der Waals surface area contributed by atoms with Gasteiger partial charge >= 0.3 is 0 Å². The van der Waals surface area contributed by atoms with Crippen molar-refractivity contribution < 1.29 is 0 Å². The number of hydrogen-bond donors (Lipinski definition) is 0. The van der Waals surface area contributed by atoms with Crippen LogP contribution in [0.3, 0.4) is 0 Å². The summed E-state index contributed by atoms with van der Waals surface area (Å²) in [5.74, 6) is 0. The van der Waals surface area contributed by atoms with Gasteiger partial charge < -0.3 is 11.3 Å². The summed E-state index contributed by atoms with van der Waals surface area (Å²) in [5.41, 5.74) is 0.728. The van der Waals surface area contributed by atoms with Crippen LogP contribution in [0.15, 0.2) is 0 Å². The molecule has 0 amide bonds. The van der Waals surface area contributed by atoms with Crippen molar-refractivity contribution >= 4 is 0 Å². The molecule has 1 heterocycles. The van der Waals surface area contributed by atoms with Crippen LogP contribution in [0.5, 0.6) is 0 Å². The zero-order chi connectivity index (χ0) is 8.60. The molecule has 1 heteroatoms. The molecule has 2 rings (SSSR count). The van der Waals surface area contributed by atoms with Gasteiger partial charge in [0.05, 0.1) is 0 Å². The third-order valence-corrected chi connectivity index (χ3v) is 3.84. The molecule has 70 valence electrons. The van der Waals surface area contributed by atoms with Crippen LogP contribution < -0.4 is 0 Å². The van der Waals surface area contributed by atoms with E-state index >= 15 is 0 Å². The maximum Gasteiger partial charge on any atom is 0.000894 e. The maximum absolute atomic E-state index is 2.53. The molecule has 0 aromatic carbocycles.